The van der Waals surface area contributed by atoms with Crippen LogP contribution in [-0.2, 0) is 4.79 Å². The van der Waals surface area contributed by atoms with Crippen LogP contribution in [0.15, 0.2) is 0 Å². The van der Waals surface area contributed by atoms with Crippen molar-refractivity contribution in [1.82, 2.24) is 4.90 Å². The molecular weight excluding hydrogens is 164 g/mol. The summed E-state index contributed by atoms with van der Waals surface area (Å²) in [7, 11) is 2.08. The first-order valence-electron chi connectivity index (χ1n) is 5.14. The first-order valence-corrected chi connectivity index (χ1v) is 5.14. The van der Waals surface area contributed by atoms with Gasteiger partial charge in [0.1, 0.15) is 5.78 Å². The fraction of sp³-hybridized carbons (Fsp3) is 0.900. The molecule has 0 bridgehead atoms. The second kappa shape index (κ2) is 3.39. The van der Waals surface area contributed by atoms with E-state index in [0.29, 0.717) is 23.7 Å². The molecule has 0 amide bonds. The van der Waals surface area contributed by atoms with E-state index in [1.807, 2.05) is 0 Å². The molecule has 3 heteroatoms. The molecule has 0 aromatic heterocycles. The predicted octanol–water partition coefficient (Wildman–Crippen LogP) is 0.244. The molecule has 74 valence electrons. The molecule has 1 atom stereocenters. The number of Topliss-reactive ketones (excluding diaryl/α,β-unsaturated/α-hetero) is 1. The largest absolute Gasteiger partial charge is 0.328 e. The third-order valence-corrected chi connectivity index (χ3v) is 3.37. The van der Waals surface area contributed by atoms with Crippen LogP contribution in [-0.4, -0.2) is 36.9 Å². The topological polar surface area (TPSA) is 46.3 Å². The molecule has 13 heavy (non-hydrogen) atoms. The highest BCUT2D eigenvalue weighted by molar-refractivity contribution is 5.84. The van der Waals surface area contributed by atoms with Gasteiger partial charge in [0.15, 0.2) is 0 Å². The first-order chi connectivity index (χ1) is 6.16. The quantitative estimate of drug-likeness (QED) is 0.665. The van der Waals surface area contributed by atoms with Gasteiger partial charge in [0.25, 0.3) is 0 Å². The number of rotatable bonds is 2. The molecule has 3 nitrogen and oxygen atoms in total. The lowest BCUT2D eigenvalue weighted by Crippen LogP contribution is -2.42. The summed E-state index contributed by atoms with van der Waals surface area (Å²) in [6.07, 6.45) is 2.92. The maximum Gasteiger partial charge on any atom is 0.140 e. The Morgan fingerprint density at radius 1 is 1.38 bits per heavy atom. The van der Waals surface area contributed by atoms with Crippen LogP contribution in [0.5, 0.6) is 0 Å². The Hall–Kier alpha value is -0.410. The molecule has 0 radical (unpaired) electrons. The summed E-state index contributed by atoms with van der Waals surface area (Å²) in [5, 5.41) is 0. The smallest absolute Gasteiger partial charge is 0.140 e. The van der Waals surface area contributed by atoms with Gasteiger partial charge in [0, 0.05) is 24.4 Å². The van der Waals surface area contributed by atoms with Crippen molar-refractivity contribution in [3.05, 3.63) is 0 Å². The molecule has 0 aromatic carbocycles. The molecule has 2 aliphatic rings. The fourth-order valence-corrected chi connectivity index (χ4v) is 2.39. The van der Waals surface area contributed by atoms with Crippen LogP contribution >= 0.6 is 0 Å². The standard InChI is InChI=1S/C10H18N2O/c1-12-3-2-7(6-12)10(13)8-4-9(11)5-8/h7-9H,2-6,11H2,1H3. The number of likely N-dealkylation sites (tertiary alicyclic amines) is 1. The van der Waals surface area contributed by atoms with Crippen LogP contribution in [0.1, 0.15) is 19.3 Å². The maximum atomic E-state index is 11.8. The van der Waals surface area contributed by atoms with Gasteiger partial charge in [0.2, 0.25) is 0 Å². The molecule has 1 saturated heterocycles. The van der Waals surface area contributed by atoms with Crippen molar-refractivity contribution in [2.45, 2.75) is 25.3 Å². The molecule has 1 aliphatic heterocycles. The molecule has 2 N–H and O–H groups in total. The second-order valence-corrected chi connectivity index (χ2v) is 4.58. The van der Waals surface area contributed by atoms with Crippen molar-refractivity contribution < 1.29 is 4.79 Å². The van der Waals surface area contributed by atoms with Crippen LogP contribution in [0.3, 0.4) is 0 Å². The minimum atomic E-state index is 0.298. The lowest BCUT2D eigenvalue weighted by atomic mass is 9.74. The van der Waals surface area contributed by atoms with Crippen LogP contribution < -0.4 is 5.73 Å². The zero-order valence-corrected chi connectivity index (χ0v) is 8.20. The molecular formula is C10H18N2O. The fourth-order valence-electron chi connectivity index (χ4n) is 2.39. The third-order valence-electron chi connectivity index (χ3n) is 3.37. The van der Waals surface area contributed by atoms with Gasteiger partial charge in [-0.25, -0.2) is 0 Å². The van der Waals surface area contributed by atoms with Gasteiger partial charge in [-0.1, -0.05) is 0 Å². The summed E-state index contributed by atoms with van der Waals surface area (Å²) >= 11 is 0. The number of hydrogen-bond donors (Lipinski definition) is 1. The predicted molar refractivity (Wildman–Crippen MR) is 51.3 cm³/mol. The van der Waals surface area contributed by atoms with E-state index in [0.717, 1.165) is 32.4 Å². The Labute approximate surface area is 79.3 Å². The highest BCUT2D eigenvalue weighted by atomic mass is 16.1. The summed E-state index contributed by atoms with van der Waals surface area (Å²) in [4.78, 5) is 14.1. The third kappa shape index (κ3) is 1.76. The number of carbonyl (C=O) groups excluding carboxylic acids is 1. The van der Waals surface area contributed by atoms with Gasteiger partial charge >= 0.3 is 0 Å². The van der Waals surface area contributed by atoms with E-state index in [-0.39, 0.29) is 0 Å². The second-order valence-electron chi connectivity index (χ2n) is 4.58. The van der Waals surface area contributed by atoms with Crippen molar-refractivity contribution >= 4 is 5.78 Å². The van der Waals surface area contributed by atoms with Crippen molar-refractivity contribution in [1.29, 1.82) is 0 Å². The van der Waals surface area contributed by atoms with Crippen molar-refractivity contribution in [3.8, 4) is 0 Å². The van der Waals surface area contributed by atoms with Crippen LogP contribution in [0.25, 0.3) is 0 Å². The molecule has 2 rings (SSSR count). The van der Waals surface area contributed by atoms with E-state index >= 15 is 0 Å². The summed E-state index contributed by atoms with van der Waals surface area (Å²) in [6.45, 7) is 2.04. The SMILES string of the molecule is CN1CCC(C(=O)C2CC(N)C2)C1. The number of nitrogens with zero attached hydrogens (tertiary/aromatic N) is 1. The van der Waals surface area contributed by atoms with Crippen molar-refractivity contribution in [2.24, 2.45) is 17.6 Å². The normalized spacial score (nSPS) is 40.3. The molecule has 0 aromatic rings. The molecule has 2 fully saturated rings. The molecule has 1 heterocycles. The van der Waals surface area contributed by atoms with E-state index in [9.17, 15) is 4.79 Å². The van der Waals surface area contributed by atoms with Crippen molar-refractivity contribution in [3.63, 3.8) is 0 Å². The average molecular weight is 182 g/mol. The van der Waals surface area contributed by atoms with Crippen LogP contribution in [0, 0.1) is 11.8 Å². The van der Waals surface area contributed by atoms with E-state index in [1.54, 1.807) is 0 Å². The molecule has 1 aliphatic carbocycles. The monoisotopic (exact) mass is 182 g/mol. The van der Waals surface area contributed by atoms with Gasteiger partial charge in [0.05, 0.1) is 0 Å². The number of ketones is 1. The lowest BCUT2D eigenvalue weighted by molar-refractivity contribution is -0.129. The minimum Gasteiger partial charge on any atom is -0.328 e. The van der Waals surface area contributed by atoms with Gasteiger partial charge in [-0.3, -0.25) is 4.79 Å². The van der Waals surface area contributed by atoms with E-state index < -0.39 is 0 Å². The summed E-state index contributed by atoms with van der Waals surface area (Å²) in [6, 6.07) is 0.299. The number of hydrogen-bond acceptors (Lipinski definition) is 3. The highest BCUT2D eigenvalue weighted by Gasteiger charge is 2.37. The van der Waals surface area contributed by atoms with E-state index in [4.69, 9.17) is 5.73 Å². The Kier molecular flexibility index (Phi) is 2.39. The van der Waals surface area contributed by atoms with Gasteiger partial charge in [-0.05, 0) is 32.9 Å². The zero-order valence-electron chi connectivity index (χ0n) is 8.20. The van der Waals surface area contributed by atoms with Gasteiger partial charge in [-0.15, -0.1) is 0 Å². The summed E-state index contributed by atoms with van der Waals surface area (Å²) in [5.41, 5.74) is 5.67. The number of nitrogens with two attached hydrogens (primary N) is 1. The first kappa shape index (κ1) is 9.16. The Balaban J connectivity index is 1.84. The Morgan fingerprint density at radius 3 is 2.54 bits per heavy atom. The summed E-state index contributed by atoms with van der Waals surface area (Å²) in [5.74, 6) is 1.08. The maximum absolute atomic E-state index is 11.8. The Bertz CT molecular complexity index is 211. The number of carbonyl (C=O) groups is 1. The minimum absolute atomic E-state index is 0.298. The van der Waals surface area contributed by atoms with Gasteiger partial charge < -0.3 is 10.6 Å². The van der Waals surface area contributed by atoms with Crippen LogP contribution in [0.2, 0.25) is 0 Å². The lowest BCUT2D eigenvalue weighted by Gasteiger charge is -2.32. The molecule has 0 spiro atoms. The Morgan fingerprint density at radius 2 is 2.08 bits per heavy atom. The van der Waals surface area contributed by atoms with E-state index in [2.05, 4.69) is 11.9 Å². The van der Waals surface area contributed by atoms with Crippen molar-refractivity contribution in [2.75, 3.05) is 20.1 Å². The van der Waals surface area contributed by atoms with Crippen LogP contribution in [0.4, 0.5) is 0 Å². The summed E-state index contributed by atoms with van der Waals surface area (Å²) < 4.78 is 0. The molecule has 1 saturated carbocycles. The average Bonchev–Trinajstić information content (AvgIpc) is 2.45. The molecule has 1 unspecified atom stereocenters. The van der Waals surface area contributed by atoms with Gasteiger partial charge in [-0.2, -0.15) is 0 Å². The highest BCUT2D eigenvalue weighted by Crippen LogP contribution is 2.31. The zero-order chi connectivity index (χ0) is 9.42. The van der Waals surface area contributed by atoms with E-state index in [1.165, 1.54) is 0 Å².